The Balaban J connectivity index is 1.66. The lowest BCUT2D eigenvalue weighted by Crippen LogP contribution is -2.38. The molecule has 6 nitrogen and oxygen atoms in total. The maximum atomic E-state index is 13.7. The van der Waals surface area contributed by atoms with Crippen molar-refractivity contribution in [2.45, 2.75) is 24.5 Å². The number of carbonyl (C=O) groups is 1. The minimum absolute atomic E-state index is 0.00884. The van der Waals surface area contributed by atoms with Gasteiger partial charge in [0.15, 0.2) is 5.69 Å². The molecule has 2 aromatic rings. The van der Waals surface area contributed by atoms with E-state index in [0.29, 0.717) is 17.8 Å². The summed E-state index contributed by atoms with van der Waals surface area (Å²) in [5.41, 5.74) is -0.209. The normalized spacial score (nSPS) is 16.7. The van der Waals surface area contributed by atoms with Crippen molar-refractivity contribution in [1.29, 1.82) is 0 Å². The van der Waals surface area contributed by atoms with E-state index in [1.165, 1.54) is 21.0 Å². The molecule has 0 saturated carbocycles. The summed E-state index contributed by atoms with van der Waals surface area (Å²) in [6.45, 7) is 0.456. The lowest BCUT2D eigenvalue weighted by atomic mass is 9.99. The van der Waals surface area contributed by atoms with Gasteiger partial charge in [-0.1, -0.05) is 0 Å². The highest BCUT2D eigenvalue weighted by Gasteiger charge is 2.31. The molecule has 1 N–H and O–H groups in total. The number of aromatic carboxylic acids is 1. The van der Waals surface area contributed by atoms with E-state index in [-0.39, 0.29) is 30.3 Å². The third-order valence-electron chi connectivity index (χ3n) is 4.28. The summed E-state index contributed by atoms with van der Waals surface area (Å²) in [5, 5.41) is 11.1. The van der Waals surface area contributed by atoms with Crippen LogP contribution in [0.25, 0.3) is 0 Å². The first-order valence-electron chi connectivity index (χ1n) is 7.87. The molecule has 1 aliphatic rings. The van der Waals surface area contributed by atoms with Crippen LogP contribution in [-0.2, 0) is 15.8 Å². The molecular weight excluding hydrogens is 386 g/mol. The molecule has 0 aliphatic carbocycles. The average molecular weight is 402 g/mol. The molecule has 10 heteroatoms. The second-order valence-electron chi connectivity index (χ2n) is 6.04. The molecule has 0 bridgehead atoms. The topological polar surface area (TPSA) is 87.6 Å². The molecule has 1 aromatic heterocycles. The van der Waals surface area contributed by atoms with Crippen LogP contribution in [0.15, 0.2) is 23.6 Å². The number of halogens is 2. The second kappa shape index (κ2) is 7.37. The SMILES string of the molecule is O=C(O)c1csc(C2CCN(S(=O)(=O)Cc3cc(F)ccc3F)CC2)n1. The Morgan fingerprint density at radius 3 is 2.62 bits per heavy atom. The summed E-state index contributed by atoms with van der Waals surface area (Å²) in [7, 11) is -3.77. The molecule has 0 atom stereocenters. The molecular formula is C16H16F2N2O4S2. The number of hydrogen-bond donors (Lipinski definition) is 1. The van der Waals surface area contributed by atoms with Gasteiger partial charge in [-0.15, -0.1) is 11.3 Å². The summed E-state index contributed by atoms with van der Waals surface area (Å²) in [4.78, 5) is 15.0. The van der Waals surface area contributed by atoms with Gasteiger partial charge >= 0.3 is 5.97 Å². The first kappa shape index (κ1) is 18.9. The van der Waals surface area contributed by atoms with E-state index in [2.05, 4.69) is 4.98 Å². The van der Waals surface area contributed by atoms with Gasteiger partial charge in [0.25, 0.3) is 0 Å². The number of thiazole rings is 1. The zero-order valence-electron chi connectivity index (χ0n) is 13.6. The average Bonchev–Trinajstić information content (AvgIpc) is 3.08. The third-order valence-corrected chi connectivity index (χ3v) is 7.12. The van der Waals surface area contributed by atoms with E-state index < -0.39 is 33.4 Å². The molecule has 3 rings (SSSR count). The van der Waals surface area contributed by atoms with Crippen molar-refractivity contribution in [2.75, 3.05) is 13.1 Å². The van der Waals surface area contributed by atoms with E-state index in [9.17, 15) is 22.0 Å². The first-order chi connectivity index (χ1) is 12.3. The first-order valence-corrected chi connectivity index (χ1v) is 10.4. The van der Waals surface area contributed by atoms with Crippen molar-refractivity contribution in [2.24, 2.45) is 0 Å². The van der Waals surface area contributed by atoms with E-state index >= 15 is 0 Å². The summed E-state index contributed by atoms with van der Waals surface area (Å²) >= 11 is 1.25. The Kier molecular flexibility index (Phi) is 5.35. The van der Waals surface area contributed by atoms with Crippen LogP contribution in [0.3, 0.4) is 0 Å². The van der Waals surface area contributed by atoms with Crippen LogP contribution >= 0.6 is 11.3 Å². The van der Waals surface area contributed by atoms with Crippen LogP contribution in [-0.4, -0.2) is 41.9 Å². The zero-order valence-corrected chi connectivity index (χ0v) is 15.2. The molecule has 0 spiro atoms. The standard InChI is InChI=1S/C16H16F2N2O4S2/c17-12-1-2-13(18)11(7-12)9-26(23,24)20-5-3-10(4-6-20)15-19-14(8-25-15)16(21)22/h1-2,7-8,10H,3-6,9H2,(H,21,22). The highest BCUT2D eigenvalue weighted by Crippen LogP contribution is 2.32. The molecule has 1 saturated heterocycles. The second-order valence-corrected chi connectivity index (χ2v) is 8.90. The van der Waals surface area contributed by atoms with Gasteiger partial charge in [-0.3, -0.25) is 0 Å². The quantitative estimate of drug-likeness (QED) is 0.831. The number of rotatable bonds is 5. The van der Waals surface area contributed by atoms with Crippen molar-refractivity contribution in [3.63, 3.8) is 0 Å². The van der Waals surface area contributed by atoms with Gasteiger partial charge in [0.05, 0.1) is 10.8 Å². The van der Waals surface area contributed by atoms with Crippen molar-refractivity contribution in [3.8, 4) is 0 Å². The number of piperidine rings is 1. The number of carboxylic acids is 1. The van der Waals surface area contributed by atoms with Crippen molar-refractivity contribution < 1.29 is 27.1 Å². The molecule has 0 unspecified atom stereocenters. The van der Waals surface area contributed by atoms with Crippen LogP contribution in [0.1, 0.15) is 39.8 Å². The molecule has 26 heavy (non-hydrogen) atoms. The van der Waals surface area contributed by atoms with Crippen LogP contribution in [0.4, 0.5) is 8.78 Å². The van der Waals surface area contributed by atoms with Crippen LogP contribution < -0.4 is 0 Å². The Hall–Kier alpha value is -1.91. The highest BCUT2D eigenvalue weighted by atomic mass is 32.2. The lowest BCUT2D eigenvalue weighted by Gasteiger charge is -2.30. The predicted molar refractivity (Wildman–Crippen MR) is 91.6 cm³/mol. The molecule has 2 heterocycles. The fourth-order valence-electron chi connectivity index (χ4n) is 2.90. The number of benzene rings is 1. The minimum Gasteiger partial charge on any atom is -0.476 e. The van der Waals surface area contributed by atoms with Gasteiger partial charge in [0.1, 0.15) is 11.6 Å². The predicted octanol–water partition coefficient (Wildman–Crippen LogP) is 2.83. The van der Waals surface area contributed by atoms with Gasteiger partial charge < -0.3 is 5.11 Å². The maximum absolute atomic E-state index is 13.7. The van der Waals surface area contributed by atoms with Crippen molar-refractivity contribution in [1.82, 2.24) is 9.29 Å². The van der Waals surface area contributed by atoms with Crippen LogP contribution in [0, 0.1) is 11.6 Å². The molecule has 1 aliphatic heterocycles. The number of sulfonamides is 1. The smallest absolute Gasteiger partial charge is 0.355 e. The van der Waals surface area contributed by atoms with E-state index in [1.807, 2.05) is 0 Å². The Morgan fingerprint density at radius 2 is 2.00 bits per heavy atom. The van der Waals surface area contributed by atoms with Gasteiger partial charge in [-0.25, -0.2) is 31.3 Å². The number of carboxylic acid groups (broad SMARTS) is 1. The molecule has 0 radical (unpaired) electrons. The maximum Gasteiger partial charge on any atom is 0.355 e. The van der Waals surface area contributed by atoms with Crippen LogP contribution in [0.2, 0.25) is 0 Å². The molecule has 1 fully saturated rings. The lowest BCUT2D eigenvalue weighted by molar-refractivity contribution is 0.0691. The Morgan fingerprint density at radius 1 is 1.31 bits per heavy atom. The van der Waals surface area contributed by atoms with Gasteiger partial charge in [0.2, 0.25) is 10.0 Å². The van der Waals surface area contributed by atoms with Crippen LogP contribution in [0.5, 0.6) is 0 Å². The number of aromatic nitrogens is 1. The fourth-order valence-corrected chi connectivity index (χ4v) is 5.43. The van der Waals surface area contributed by atoms with Gasteiger partial charge in [-0.2, -0.15) is 0 Å². The van der Waals surface area contributed by atoms with Gasteiger partial charge in [-0.05, 0) is 31.0 Å². The van der Waals surface area contributed by atoms with E-state index in [1.54, 1.807) is 0 Å². The van der Waals surface area contributed by atoms with Crippen molar-refractivity contribution in [3.05, 3.63) is 51.5 Å². The van der Waals surface area contributed by atoms with E-state index in [4.69, 9.17) is 5.11 Å². The summed E-state index contributed by atoms with van der Waals surface area (Å²) in [6, 6.07) is 2.74. The molecule has 0 amide bonds. The summed E-state index contributed by atoms with van der Waals surface area (Å²) in [6.07, 6.45) is 0.995. The number of hydrogen-bond acceptors (Lipinski definition) is 5. The van der Waals surface area contributed by atoms with Gasteiger partial charge in [0, 0.05) is 30.0 Å². The number of nitrogens with zero attached hydrogens (tertiary/aromatic N) is 2. The highest BCUT2D eigenvalue weighted by molar-refractivity contribution is 7.88. The third kappa shape index (κ3) is 4.08. The zero-order chi connectivity index (χ0) is 18.9. The van der Waals surface area contributed by atoms with E-state index in [0.717, 1.165) is 18.2 Å². The Bertz CT molecular complexity index is 922. The molecule has 1 aromatic carbocycles. The largest absolute Gasteiger partial charge is 0.476 e. The monoisotopic (exact) mass is 402 g/mol. The summed E-state index contributed by atoms with van der Waals surface area (Å²) < 4.78 is 53.2. The molecule has 140 valence electrons. The fraction of sp³-hybridized carbons (Fsp3) is 0.375. The Labute approximate surface area is 153 Å². The minimum atomic E-state index is -3.77. The summed E-state index contributed by atoms with van der Waals surface area (Å²) in [5.74, 6) is -3.14. The van der Waals surface area contributed by atoms with Crippen molar-refractivity contribution >= 4 is 27.3 Å².